The van der Waals surface area contributed by atoms with E-state index in [2.05, 4.69) is 11.9 Å². The summed E-state index contributed by atoms with van der Waals surface area (Å²) in [5, 5.41) is 8.84. The van der Waals surface area contributed by atoms with E-state index in [-0.39, 0.29) is 11.8 Å². The van der Waals surface area contributed by atoms with Gasteiger partial charge >= 0.3 is 5.97 Å². The van der Waals surface area contributed by atoms with E-state index in [0.717, 1.165) is 19.5 Å². The van der Waals surface area contributed by atoms with Crippen molar-refractivity contribution in [2.45, 2.75) is 25.7 Å². The second-order valence-electron chi connectivity index (χ2n) is 6.11. The van der Waals surface area contributed by atoms with E-state index >= 15 is 0 Å². The number of aliphatic carboxylic acids is 1. The van der Waals surface area contributed by atoms with Gasteiger partial charge in [-0.2, -0.15) is 0 Å². The van der Waals surface area contributed by atoms with Crippen molar-refractivity contribution in [3.8, 4) is 0 Å². The van der Waals surface area contributed by atoms with Gasteiger partial charge in [0.2, 0.25) is 5.91 Å². The van der Waals surface area contributed by atoms with Crippen LogP contribution in [0.3, 0.4) is 0 Å². The molecular weight excluding hydrogens is 244 g/mol. The highest BCUT2D eigenvalue weighted by Crippen LogP contribution is 2.39. The highest BCUT2D eigenvalue weighted by Gasteiger charge is 2.49. The maximum atomic E-state index is 12.0. The lowest BCUT2D eigenvalue weighted by Crippen LogP contribution is -2.36. The normalized spacial score (nSPS) is 30.9. The third-order valence-electron chi connectivity index (χ3n) is 4.40. The number of hydrogen-bond acceptors (Lipinski definition) is 3. The van der Waals surface area contributed by atoms with Gasteiger partial charge in [0.1, 0.15) is 0 Å². The monoisotopic (exact) mass is 268 g/mol. The second kappa shape index (κ2) is 5.90. The van der Waals surface area contributed by atoms with Crippen LogP contribution < -0.4 is 0 Å². The van der Waals surface area contributed by atoms with E-state index in [1.165, 1.54) is 19.4 Å². The quantitative estimate of drug-likeness (QED) is 0.804. The average Bonchev–Trinajstić information content (AvgIpc) is 3.15. The van der Waals surface area contributed by atoms with Gasteiger partial charge in [0.25, 0.3) is 0 Å². The number of rotatable bonds is 5. The molecule has 2 fully saturated rings. The van der Waals surface area contributed by atoms with Gasteiger partial charge in [-0.15, -0.1) is 0 Å². The van der Waals surface area contributed by atoms with Crippen molar-refractivity contribution in [2.75, 3.05) is 33.7 Å². The van der Waals surface area contributed by atoms with Crippen LogP contribution in [0.4, 0.5) is 0 Å². The third kappa shape index (κ3) is 3.69. The van der Waals surface area contributed by atoms with Crippen molar-refractivity contribution >= 4 is 11.9 Å². The predicted octanol–water partition coefficient (Wildman–Crippen LogP) is 0.897. The number of piperidine rings is 1. The zero-order valence-corrected chi connectivity index (χ0v) is 11.8. The Labute approximate surface area is 114 Å². The first-order chi connectivity index (χ1) is 8.99. The number of hydrogen-bond donors (Lipinski definition) is 1. The molecule has 0 bridgehead atoms. The molecule has 0 aromatic carbocycles. The lowest BCUT2D eigenvalue weighted by Gasteiger charge is -2.30. The number of nitrogens with zero attached hydrogens (tertiary/aromatic N) is 2. The van der Waals surface area contributed by atoms with E-state index in [4.69, 9.17) is 5.11 Å². The summed E-state index contributed by atoms with van der Waals surface area (Å²) in [5.41, 5.74) is 0. The topological polar surface area (TPSA) is 60.9 Å². The van der Waals surface area contributed by atoms with Gasteiger partial charge in [-0.05, 0) is 45.2 Å². The van der Waals surface area contributed by atoms with Crippen molar-refractivity contribution in [2.24, 2.45) is 17.8 Å². The summed E-state index contributed by atoms with van der Waals surface area (Å²) < 4.78 is 0. The zero-order chi connectivity index (χ0) is 14.0. The molecule has 3 unspecified atom stereocenters. The van der Waals surface area contributed by atoms with Crippen LogP contribution in [0.15, 0.2) is 0 Å². The van der Waals surface area contributed by atoms with E-state index < -0.39 is 11.9 Å². The molecule has 2 aliphatic rings. The largest absolute Gasteiger partial charge is 0.481 e. The van der Waals surface area contributed by atoms with Crippen LogP contribution in [0, 0.1) is 17.8 Å². The zero-order valence-electron chi connectivity index (χ0n) is 11.8. The molecular formula is C14H24N2O3. The van der Waals surface area contributed by atoms with Crippen molar-refractivity contribution in [3.05, 3.63) is 0 Å². The Morgan fingerprint density at radius 2 is 2.11 bits per heavy atom. The molecule has 0 aromatic heterocycles. The Bertz CT molecular complexity index is 359. The fraction of sp³-hybridized carbons (Fsp3) is 0.857. The molecule has 19 heavy (non-hydrogen) atoms. The van der Waals surface area contributed by atoms with Crippen molar-refractivity contribution < 1.29 is 14.7 Å². The molecule has 0 radical (unpaired) electrons. The van der Waals surface area contributed by atoms with E-state index in [9.17, 15) is 9.59 Å². The average molecular weight is 268 g/mol. The van der Waals surface area contributed by atoms with Gasteiger partial charge in [0, 0.05) is 20.1 Å². The number of carbonyl (C=O) groups excluding carboxylic acids is 1. The lowest BCUT2D eigenvalue weighted by molar-refractivity contribution is -0.141. The standard InChI is InChI=1S/C14H24N2O3/c1-15-6-3-4-10(9-15)5-7-16(2)13(17)11-8-12(11)14(18)19/h10-12H,3-9H2,1-2H3,(H,18,19). The summed E-state index contributed by atoms with van der Waals surface area (Å²) in [6, 6.07) is 0. The van der Waals surface area contributed by atoms with Crippen LogP contribution in [-0.4, -0.2) is 60.5 Å². The smallest absolute Gasteiger partial charge is 0.307 e. The summed E-state index contributed by atoms with van der Waals surface area (Å²) in [5.74, 6) is -0.854. The van der Waals surface area contributed by atoms with Gasteiger partial charge < -0.3 is 14.9 Å². The van der Waals surface area contributed by atoms with Gasteiger partial charge in [0.05, 0.1) is 11.8 Å². The van der Waals surface area contributed by atoms with Crippen molar-refractivity contribution in [1.82, 2.24) is 9.80 Å². The maximum Gasteiger partial charge on any atom is 0.307 e. The summed E-state index contributed by atoms with van der Waals surface area (Å²) in [4.78, 5) is 26.8. The second-order valence-corrected chi connectivity index (χ2v) is 6.11. The molecule has 108 valence electrons. The number of carboxylic acids is 1. The summed E-state index contributed by atoms with van der Waals surface area (Å²) >= 11 is 0. The molecule has 0 spiro atoms. The molecule has 1 N–H and O–H groups in total. The Kier molecular flexibility index (Phi) is 4.45. The first kappa shape index (κ1) is 14.3. The van der Waals surface area contributed by atoms with Crippen LogP contribution in [0.1, 0.15) is 25.7 Å². The van der Waals surface area contributed by atoms with Gasteiger partial charge in [-0.25, -0.2) is 0 Å². The summed E-state index contributed by atoms with van der Waals surface area (Å²) in [7, 11) is 3.94. The SMILES string of the molecule is CN1CCCC(CCN(C)C(=O)C2CC2C(=O)O)C1. The number of amides is 1. The van der Waals surface area contributed by atoms with Gasteiger partial charge in [0.15, 0.2) is 0 Å². The molecule has 1 saturated carbocycles. The molecule has 2 rings (SSSR count). The van der Waals surface area contributed by atoms with E-state index in [0.29, 0.717) is 12.3 Å². The number of likely N-dealkylation sites (tertiary alicyclic amines) is 1. The number of carbonyl (C=O) groups is 2. The molecule has 1 saturated heterocycles. The van der Waals surface area contributed by atoms with Crippen LogP contribution >= 0.6 is 0 Å². The Hall–Kier alpha value is -1.10. The summed E-state index contributed by atoms with van der Waals surface area (Å²) in [6.07, 6.45) is 4.03. The molecule has 1 aliphatic carbocycles. The van der Waals surface area contributed by atoms with Crippen LogP contribution in [0.25, 0.3) is 0 Å². The minimum Gasteiger partial charge on any atom is -0.481 e. The molecule has 1 amide bonds. The molecule has 5 nitrogen and oxygen atoms in total. The Balaban J connectivity index is 1.71. The molecule has 0 aromatic rings. The first-order valence-corrected chi connectivity index (χ1v) is 7.15. The number of carboxylic acid groups (broad SMARTS) is 1. The third-order valence-corrected chi connectivity index (χ3v) is 4.40. The van der Waals surface area contributed by atoms with Gasteiger partial charge in [-0.3, -0.25) is 9.59 Å². The molecule has 5 heteroatoms. The highest BCUT2D eigenvalue weighted by atomic mass is 16.4. The first-order valence-electron chi connectivity index (χ1n) is 7.15. The Morgan fingerprint density at radius 1 is 1.37 bits per heavy atom. The lowest BCUT2D eigenvalue weighted by atomic mass is 9.95. The molecule has 1 heterocycles. The summed E-state index contributed by atoms with van der Waals surface area (Å²) in [6.45, 7) is 3.04. The molecule has 1 aliphatic heterocycles. The predicted molar refractivity (Wildman–Crippen MR) is 71.7 cm³/mol. The highest BCUT2D eigenvalue weighted by molar-refractivity contribution is 5.89. The fourth-order valence-electron chi connectivity index (χ4n) is 3.02. The van der Waals surface area contributed by atoms with Crippen LogP contribution in [-0.2, 0) is 9.59 Å². The Morgan fingerprint density at radius 3 is 2.68 bits per heavy atom. The van der Waals surface area contributed by atoms with Crippen LogP contribution in [0.5, 0.6) is 0 Å². The van der Waals surface area contributed by atoms with Gasteiger partial charge in [-0.1, -0.05) is 0 Å². The van der Waals surface area contributed by atoms with E-state index in [1.54, 1.807) is 11.9 Å². The fourth-order valence-corrected chi connectivity index (χ4v) is 3.02. The van der Waals surface area contributed by atoms with E-state index in [1.807, 2.05) is 0 Å². The van der Waals surface area contributed by atoms with Crippen molar-refractivity contribution in [1.29, 1.82) is 0 Å². The minimum absolute atomic E-state index is 0.0107. The van der Waals surface area contributed by atoms with Crippen molar-refractivity contribution in [3.63, 3.8) is 0 Å². The minimum atomic E-state index is -0.833. The molecule has 3 atom stereocenters. The maximum absolute atomic E-state index is 12.0. The van der Waals surface area contributed by atoms with Crippen LogP contribution in [0.2, 0.25) is 0 Å².